The molecule has 1 N–H and O–H groups in total. The maximum absolute atomic E-state index is 5.82. The quantitative estimate of drug-likeness (QED) is 0.779. The second-order valence-corrected chi connectivity index (χ2v) is 4.86. The van der Waals surface area contributed by atoms with Crippen LogP contribution >= 0.6 is 0 Å². The maximum Gasteiger partial charge on any atom is 0.125 e. The van der Waals surface area contributed by atoms with Crippen molar-refractivity contribution in [3.8, 4) is 0 Å². The fourth-order valence-corrected chi connectivity index (χ4v) is 2.56. The van der Waals surface area contributed by atoms with Gasteiger partial charge in [-0.15, -0.1) is 0 Å². The summed E-state index contributed by atoms with van der Waals surface area (Å²) in [4.78, 5) is 4.42. The first-order chi connectivity index (χ1) is 9.79. The third-order valence-electron chi connectivity index (χ3n) is 3.44. The van der Waals surface area contributed by atoms with Crippen molar-refractivity contribution in [2.24, 2.45) is 0 Å². The van der Waals surface area contributed by atoms with Gasteiger partial charge in [-0.3, -0.25) is 4.98 Å². The van der Waals surface area contributed by atoms with Crippen molar-refractivity contribution in [2.45, 2.75) is 19.9 Å². The van der Waals surface area contributed by atoms with Crippen LogP contribution in [0.3, 0.4) is 0 Å². The summed E-state index contributed by atoms with van der Waals surface area (Å²) < 4.78 is 5.82. The third-order valence-corrected chi connectivity index (χ3v) is 3.44. The van der Waals surface area contributed by atoms with Gasteiger partial charge >= 0.3 is 0 Å². The zero-order valence-corrected chi connectivity index (χ0v) is 11.8. The molecule has 0 aliphatic rings. The molecule has 3 nitrogen and oxygen atoms in total. The van der Waals surface area contributed by atoms with E-state index < -0.39 is 0 Å². The molecule has 0 radical (unpaired) electrons. The van der Waals surface area contributed by atoms with Crippen LogP contribution in [0.2, 0.25) is 0 Å². The molecule has 0 bridgehead atoms. The Morgan fingerprint density at radius 3 is 2.80 bits per heavy atom. The number of furan rings is 1. The van der Waals surface area contributed by atoms with Gasteiger partial charge in [-0.1, -0.05) is 25.1 Å². The van der Waals surface area contributed by atoms with Crippen molar-refractivity contribution in [3.05, 3.63) is 65.7 Å². The molecule has 102 valence electrons. The van der Waals surface area contributed by atoms with Crippen LogP contribution in [0.15, 0.2) is 53.1 Å². The molecule has 2 aromatic heterocycles. The van der Waals surface area contributed by atoms with Crippen LogP contribution in [-0.4, -0.2) is 11.5 Å². The highest BCUT2D eigenvalue weighted by Gasteiger charge is 2.18. The third kappa shape index (κ3) is 2.32. The monoisotopic (exact) mass is 266 g/mol. The summed E-state index contributed by atoms with van der Waals surface area (Å²) in [5, 5.41) is 4.66. The minimum absolute atomic E-state index is 0.0570. The molecule has 0 amide bonds. The Hall–Kier alpha value is -2.13. The SMILES string of the molecule is CCNC(c1ccc(C)o1)c1cccc2ncccc12. The van der Waals surface area contributed by atoms with Crippen LogP contribution in [0.5, 0.6) is 0 Å². The van der Waals surface area contributed by atoms with Gasteiger partial charge < -0.3 is 9.73 Å². The number of hydrogen-bond acceptors (Lipinski definition) is 3. The van der Waals surface area contributed by atoms with E-state index in [0.717, 1.165) is 29.0 Å². The predicted octanol–water partition coefficient (Wildman–Crippen LogP) is 3.84. The van der Waals surface area contributed by atoms with Crippen molar-refractivity contribution in [1.82, 2.24) is 10.3 Å². The van der Waals surface area contributed by atoms with E-state index in [1.807, 2.05) is 43.5 Å². The molecule has 0 fully saturated rings. The van der Waals surface area contributed by atoms with Crippen LogP contribution < -0.4 is 5.32 Å². The number of benzene rings is 1. The average molecular weight is 266 g/mol. The lowest BCUT2D eigenvalue weighted by atomic mass is 9.99. The topological polar surface area (TPSA) is 38.1 Å². The Morgan fingerprint density at radius 2 is 2.05 bits per heavy atom. The van der Waals surface area contributed by atoms with Crippen LogP contribution in [0, 0.1) is 6.92 Å². The highest BCUT2D eigenvalue weighted by molar-refractivity contribution is 5.82. The fourth-order valence-electron chi connectivity index (χ4n) is 2.56. The first kappa shape index (κ1) is 12.9. The Kier molecular flexibility index (Phi) is 3.52. The number of fused-ring (bicyclic) bond motifs is 1. The number of pyridine rings is 1. The van der Waals surface area contributed by atoms with E-state index in [1.54, 1.807) is 0 Å². The van der Waals surface area contributed by atoms with Gasteiger partial charge in [-0.05, 0) is 43.3 Å². The highest BCUT2D eigenvalue weighted by atomic mass is 16.3. The predicted molar refractivity (Wildman–Crippen MR) is 80.7 cm³/mol. The number of aryl methyl sites for hydroxylation is 1. The van der Waals surface area contributed by atoms with E-state index in [0.29, 0.717) is 0 Å². The second-order valence-electron chi connectivity index (χ2n) is 4.86. The zero-order valence-electron chi connectivity index (χ0n) is 11.8. The zero-order chi connectivity index (χ0) is 13.9. The van der Waals surface area contributed by atoms with Crippen molar-refractivity contribution in [2.75, 3.05) is 6.54 Å². The molecule has 0 spiro atoms. The van der Waals surface area contributed by atoms with Gasteiger partial charge in [-0.25, -0.2) is 0 Å². The minimum atomic E-state index is 0.0570. The lowest BCUT2D eigenvalue weighted by Crippen LogP contribution is -2.21. The molecule has 20 heavy (non-hydrogen) atoms. The molecule has 0 aliphatic carbocycles. The van der Waals surface area contributed by atoms with E-state index in [1.165, 1.54) is 5.56 Å². The summed E-state index contributed by atoms with van der Waals surface area (Å²) in [6.45, 7) is 4.95. The Bertz CT molecular complexity index is 712. The smallest absolute Gasteiger partial charge is 0.125 e. The van der Waals surface area contributed by atoms with Crippen LogP contribution in [0.25, 0.3) is 10.9 Å². The second kappa shape index (κ2) is 5.47. The summed E-state index contributed by atoms with van der Waals surface area (Å²) >= 11 is 0. The van der Waals surface area contributed by atoms with Crippen molar-refractivity contribution >= 4 is 10.9 Å². The van der Waals surface area contributed by atoms with Gasteiger partial charge in [0.05, 0.1) is 11.6 Å². The van der Waals surface area contributed by atoms with Crippen LogP contribution in [-0.2, 0) is 0 Å². The standard InChI is InChI=1S/C17H18N2O/c1-3-18-17(16-10-9-12(2)20-16)14-6-4-8-15-13(14)7-5-11-19-15/h4-11,17-18H,3H2,1-2H3. The number of aromatic nitrogens is 1. The molecule has 0 saturated carbocycles. The van der Waals surface area contributed by atoms with Crippen molar-refractivity contribution < 1.29 is 4.42 Å². The number of rotatable bonds is 4. The van der Waals surface area contributed by atoms with Crippen LogP contribution in [0.4, 0.5) is 0 Å². The first-order valence-corrected chi connectivity index (χ1v) is 6.93. The molecule has 3 aromatic rings. The average Bonchev–Trinajstić information content (AvgIpc) is 2.91. The molecular weight excluding hydrogens is 248 g/mol. The van der Waals surface area contributed by atoms with Gasteiger partial charge in [0.2, 0.25) is 0 Å². The van der Waals surface area contributed by atoms with E-state index >= 15 is 0 Å². The summed E-state index contributed by atoms with van der Waals surface area (Å²) in [6.07, 6.45) is 1.82. The van der Waals surface area contributed by atoms with Gasteiger partial charge in [0, 0.05) is 11.6 Å². The summed E-state index contributed by atoms with van der Waals surface area (Å²) in [7, 11) is 0. The summed E-state index contributed by atoms with van der Waals surface area (Å²) in [5.74, 6) is 1.88. The maximum atomic E-state index is 5.82. The largest absolute Gasteiger partial charge is 0.464 e. The van der Waals surface area contributed by atoms with Gasteiger partial charge in [0.1, 0.15) is 11.5 Å². The van der Waals surface area contributed by atoms with Crippen molar-refractivity contribution in [1.29, 1.82) is 0 Å². The summed E-state index contributed by atoms with van der Waals surface area (Å²) in [5.41, 5.74) is 2.21. The summed E-state index contributed by atoms with van der Waals surface area (Å²) in [6, 6.07) is 14.4. The van der Waals surface area contributed by atoms with Gasteiger partial charge in [0.25, 0.3) is 0 Å². The number of nitrogens with one attached hydrogen (secondary N) is 1. The Labute approximate surface area is 118 Å². The molecule has 0 aliphatic heterocycles. The number of nitrogens with zero attached hydrogens (tertiary/aromatic N) is 1. The van der Waals surface area contributed by atoms with Gasteiger partial charge in [0.15, 0.2) is 0 Å². The molecule has 1 atom stereocenters. The molecule has 1 aromatic carbocycles. The molecular formula is C17H18N2O. The lowest BCUT2D eigenvalue weighted by Gasteiger charge is -2.18. The molecule has 2 heterocycles. The van der Waals surface area contributed by atoms with E-state index in [9.17, 15) is 0 Å². The molecule has 0 saturated heterocycles. The molecule has 3 rings (SSSR count). The first-order valence-electron chi connectivity index (χ1n) is 6.93. The Morgan fingerprint density at radius 1 is 1.15 bits per heavy atom. The van der Waals surface area contributed by atoms with Crippen LogP contribution in [0.1, 0.15) is 30.0 Å². The fraction of sp³-hybridized carbons (Fsp3) is 0.235. The van der Waals surface area contributed by atoms with E-state index in [2.05, 4.69) is 29.4 Å². The van der Waals surface area contributed by atoms with Crippen molar-refractivity contribution in [3.63, 3.8) is 0 Å². The van der Waals surface area contributed by atoms with E-state index in [-0.39, 0.29) is 6.04 Å². The number of hydrogen-bond donors (Lipinski definition) is 1. The minimum Gasteiger partial charge on any atom is -0.464 e. The van der Waals surface area contributed by atoms with E-state index in [4.69, 9.17) is 4.42 Å². The highest BCUT2D eigenvalue weighted by Crippen LogP contribution is 2.29. The molecule has 3 heteroatoms. The molecule has 1 unspecified atom stereocenters. The Balaban J connectivity index is 2.14. The van der Waals surface area contributed by atoms with Gasteiger partial charge in [-0.2, -0.15) is 0 Å². The normalized spacial score (nSPS) is 12.7. The lowest BCUT2D eigenvalue weighted by molar-refractivity contribution is 0.436.